The molecule has 0 radical (unpaired) electrons. The number of rotatable bonds is 0. The van der Waals surface area contributed by atoms with Gasteiger partial charge in [-0.15, -0.1) is 0 Å². The SMILES string of the molecule is [Br-].[Ti+4].[c-]1ccccc1.[c-]1ccccc1.c1cc[cH-]c1. The van der Waals surface area contributed by atoms with Crippen LogP contribution >= 0.6 is 0 Å². The Labute approximate surface area is 141 Å². The summed E-state index contributed by atoms with van der Waals surface area (Å²) in [5.41, 5.74) is 0. The third-order valence-corrected chi connectivity index (χ3v) is 1.77. The monoisotopic (exact) mass is 346 g/mol. The van der Waals surface area contributed by atoms with Gasteiger partial charge in [0.2, 0.25) is 0 Å². The molecule has 2 heteroatoms. The quantitative estimate of drug-likeness (QED) is 0.426. The maximum absolute atomic E-state index is 2.89. The molecule has 3 aromatic carbocycles. The van der Waals surface area contributed by atoms with Gasteiger partial charge in [0.1, 0.15) is 0 Å². The molecular formula is C17H15BrTi. The number of halogens is 1. The van der Waals surface area contributed by atoms with Crippen molar-refractivity contribution in [3.63, 3.8) is 0 Å². The van der Waals surface area contributed by atoms with Gasteiger partial charge in [-0.1, -0.05) is 0 Å². The van der Waals surface area contributed by atoms with Crippen molar-refractivity contribution in [2.24, 2.45) is 0 Å². The Kier molecular flexibility index (Phi) is 18.2. The third kappa shape index (κ3) is 14.9. The zero-order valence-electron chi connectivity index (χ0n) is 10.5. The Morgan fingerprint density at radius 2 is 0.895 bits per heavy atom. The summed E-state index contributed by atoms with van der Waals surface area (Å²) in [6.45, 7) is 0. The standard InChI is InChI=1S/2C6H5.C5H5.BrH.Ti/c2*1-2-4-6-5-3-1;1-2-4-5-3-1;;/h2*1-5H;1-5H;1H;/q3*-1;;+4/p-1. The van der Waals surface area contributed by atoms with Crippen LogP contribution in [0.5, 0.6) is 0 Å². The second-order valence-corrected chi connectivity index (χ2v) is 3.12. The molecule has 94 valence electrons. The summed E-state index contributed by atoms with van der Waals surface area (Å²) in [6, 6.07) is 35.0. The van der Waals surface area contributed by atoms with Crippen LogP contribution in [0.15, 0.2) is 91.0 Å². The van der Waals surface area contributed by atoms with E-state index in [9.17, 15) is 0 Å². The molecule has 0 bridgehead atoms. The average Bonchev–Trinajstić information content (AvgIpc) is 3.03. The molecule has 0 N–H and O–H groups in total. The Morgan fingerprint density at radius 3 is 1.00 bits per heavy atom. The minimum absolute atomic E-state index is 0. The molecule has 3 aromatic rings. The summed E-state index contributed by atoms with van der Waals surface area (Å²) in [4.78, 5) is 0. The van der Waals surface area contributed by atoms with Crippen molar-refractivity contribution >= 4 is 0 Å². The van der Waals surface area contributed by atoms with Crippen molar-refractivity contribution in [1.29, 1.82) is 0 Å². The van der Waals surface area contributed by atoms with Crippen LogP contribution in [0, 0.1) is 12.1 Å². The van der Waals surface area contributed by atoms with E-state index in [1.165, 1.54) is 0 Å². The van der Waals surface area contributed by atoms with Gasteiger partial charge in [-0.05, 0) is 0 Å². The van der Waals surface area contributed by atoms with Gasteiger partial charge in [0.15, 0.2) is 0 Å². The summed E-state index contributed by atoms with van der Waals surface area (Å²) in [5.74, 6) is 0. The first-order valence-electron chi connectivity index (χ1n) is 5.49. The predicted molar refractivity (Wildman–Crippen MR) is 72.6 cm³/mol. The molecule has 0 atom stereocenters. The van der Waals surface area contributed by atoms with E-state index in [1.54, 1.807) is 0 Å². The molecule has 0 nitrogen and oxygen atoms in total. The second-order valence-electron chi connectivity index (χ2n) is 3.12. The minimum atomic E-state index is 0. The maximum Gasteiger partial charge on any atom is 4.00 e. The van der Waals surface area contributed by atoms with Crippen molar-refractivity contribution in [3.05, 3.63) is 103 Å². The van der Waals surface area contributed by atoms with Crippen molar-refractivity contribution in [1.82, 2.24) is 0 Å². The van der Waals surface area contributed by atoms with Gasteiger partial charge in [0, 0.05) is 0 Å². The van der Waals surface area contributed by atoms with E-state index in [-0.39, 0.29) is 38.7 Å². The summed E-state index contributed by atoms with van der Waals surface area (Å²) < 4.78 is 0. The Morgan fingerprint density at radius 1 is 0.526 bits per heavy atom. The molecule has 3 rings (SSSR count). The molecule has 0 heterocycles. The second kappa shape index (κ2) is 17.0. The van der Waals surface area contributed by atoms with Gasteiger partial charge in [-0.2, -0.15) is 91.0 Å². The van der Waals surface area contributed by atoms with Crippen LogP contribution in [0.2, 0.25) is 0 Å². The third-order valence-electron chi connectivity index (χ3n) is 1.77. The van der Waals surface area contributed by atoms with Crippen LogP contribution in [-0.4, -0.2) is 0 Å². The molecule has 0 aromatic heterocycles. The molecule has 0 fully saturated rings. The molecule has 0 saturated heterocycles. The predicted octanol–water partition coefficient (Wildman–Crippen LogP) is 1.38. The zero-order valence-corrected chi connectivity index (χ0v) is 13.7. The normalized spacial score (nSPS) is 7.16. The first kappa shape index (κ1) is 20.3. The maximum atomic E-state index is 2.89. The minimum Gasteiger partial charge on any atom is -1.00 e. The van der Waals surface area contributed by atoms with Crippen molar-refractivity contribution in [2.45, 2.75) is 0 Å². The Bertz CT molecular complexity index is 321. The van der Waals surface area contributed by atoms with Gasteiger partial charge >= 0.3 is 21.7 Å². The molecule has 0 aliphatic heterocycles. The zero-order chi connectivity index (χ0) is 12.0. The first-order valence-corrected chi connectivity index (χ1v) is 5.49. The fraction of sp³-hybridized carbons (Fsp3) is 0. The topological polar surface area (TPSA) is 0 Å². The van der Waals surface area contributed by atoms with Crippen LogP contribution in [0.25, 0.3) is 0 Å². The van der Waals surface area contributed by atoms with Gasteiger partial charge in [0.05, 0.1) is 0 Å². The summed E-state index contributed by atoms with van der Waals surface area (Å²) in [6.07, 6.45) is 0. The van der Waals surface area contributed by atoms with Crippen molar-refractivity contribution in [3.8, 4) is 0 Å². The largest absolute Gasteiger partial charge is 4.00 e. The average molecular weight is 347 g/mol. The molecule has 0 aliphatic rings. The van der Waals surface area contributed by atoms with Crippen LogP contribution in [0.4, 0.5) is 0 Å². The molecule has 0 spiro atoms. The Balaban J connectivity index is 0. The molecular weight excluding hydrogens is 332 g/mol. The van der Waals surface area contributed by atoms with Gasteiger partial charge in [0.25, 0.3) is 0 Å². The van der Waals surface area contributed by atoms with Gasteiger partial charge in [-0.25, -0.2) is 12.1 Å². The molecule has 0 amide bonds. The van der Waals surface area contributed by atoms with E-state index < -0.39 is 0 Å². The summed E-state index contributed by atoms with van der Waals surface area (Å²) in [7, 11) is 0. The molecule has 19 heavy (non-hydrogen) atoms. The molecule has 0 saturated carbocycles. The first-order chi connectivity index (χ1) is 8.50. The van der Waals surface area contributed by atoms with E-state index >= 15 is 0 Å². The summed E-state index contributed by atoms with van der Waals surface area (Å²) >= 11 is 0. The van der Waals surface area contributed by atoms with Crippen molar-refractivity contribution in [2.75, 3.05) is 0 Å². The number of benzene rings is 2. The van der Waals surface area contributed by atoms with Gasteiger partial charge < -0.3 is 17.0 Å². The molecule has 0 aliphatic carbocycles. The van der Waals surface area contributed by atoms with Crippen LogP contribution in [-0.2, 0) is 21.7 Å². The number of hydrogen-bond acceptors (Lipinski definition) is 0. The van der Waals surface area contributed by atoms with Gasteiger partial charge in [-0.3, -0.25) is 0 Å². The summed E-state index contributed by atoms with van der Waals surface area (Å²) in [5, 5.41) is 0. The smallest absolute Gasteiger partial charge is 1.00 e. The van der Waals surface area contributed by atoms with E-state index in [4.69, 9.17) is 0 Å². The fourth-order valence-electron chi connectivity index (χ4n) is 1.00. The van der Waals surface area contributed by atoms with Crippen LogP contribution in [0.1, 0.15) is 0 Å². The van der Waals surface area contributed by atoms with E-state index in [1.807, 2.05) is 91.0 Å². The van der Waals surface area contributed by atoms with E-state index in [0.29, 0.717) is 0 Å². The van der Waals surface area contributed by atoms with Crippen LogP contribution < -0.4 is 17.0 Å². The van der Waals surface area contributed by atoms with E-state index in [2.05, 4.69) is 12.1 Å². The Hall–Kier alpha value is -1.02. The van der Waals surface area contributed by atoms with Crippen molar-refractivity contribution < 1.29 is 38.7 Å². The fourth-order valence-corrected chi connectivity index (χ4v) is 1.00. The molecule has 0 unspecified atom stereocenters. The van der Waals surface area contributed by atoms with E-state index in [0.717, 1.165) is 0 Å². The number of hydrogen-bond donors (Lipinski definition) is 0. The van der Waals surface area contributed by atoms with Crippen LogP contribution in [0.3, 0.4) is 0 Å².